The lowest BCUT2D eigenvalue weighted by atomic mass is 9.74. The maximum Gasteiger partial charge on any atom is 0.258 e. The first-order valence-corrected chi connectivity index (χ1v) is 18.1. The molecule has 12 heteroatoms. The normalized spacial score (nSPS) is 22.1. The standard InChI is InChI=1S/C33H49FN6O4S/c1-6-45(42,43)37-30-8-7-12-33(30)13-16-38(17-14-33)20-25-11-15-39(21-25)31-29(19-35-22-36-31)44-28-10-9-26(34)18-27(28)32(41)40(23(2)3)24(4)5/h9-10,18-19,22-25,30,37H,6-8,11-17,20-21H2,1-5H3/t25-,30-/m0/s1. The van der Waals surface area contributed by atoms with Gasteiger partial charge in [-0.2, -0.15) is 0 Å². The minimum absolute atomic E-state index is 0.0542. The highest BCUT2D eigenvalue weighted by molar-refractivity contribution is 7.89. The molecule has 0 bridgehead atoms. The van der Waals surface area contributed by atoms with E-state index in [0.29, 0.717) is 17.5 Å². The predicted molar refractivity (Wildman–Crippen MR) is 174 cm³/mol. The van der Waals surface area contributed by atoms with Gasteiger partial charge in [0, 0.05) is 37.8 Å². The highest BCUT2D eigenvalue weighted by atomic mass is 32.2. The van der Waals surface area contributed by atoms with Gasteiger partial charge in [0.15, 0.2) is 11.6 Å². The Morgan fingerprint density at radius 3 is 2.53 bits per heavy atom. The van der Waals surface area contributed by atoms with Gasteiger partial charge in [-0.25, -0.2) is 27.5 Å². The van der Waals surface area contributed by atoms with Crippen LogP contribution in [0.1, 0.15) is 83.5 Å². The number of carbonyl (C=O) groups excluding carboxylic acids is 1. The van der Waals surface area contributed by atoms with E-state index in [1.54, 1.807) is 18.0 Å². The lowest BCUT2D eigenvalue weighted by molar-refractivity contribution is 0.0640. The molecule has 1 aromatic carbocycles. The molecule has 1 aliphatic carbocycles. The lowest BCUT2D eigenvalue weighted by Crippen LogP contribution is -2.51. The molecule has 0 radical (unpaired) electrons. The van der Waals surface area contributed by atoms with Crippen LogP contribution in [0.3, 0.4) is 0 Å². The molecule has 10 nitrogen and oxygen atoms in total. The first-order chi connectivity index (χ1) is 21.4. The van der Waals surface area contributed by atoms with E-state index >= 15 is 0 Å². The van der Waals surface area contributed by atoms with Gasteiger partial charge in [-0.3, -0.25) is 4.79 Å². The summed E-state index contributed by atoms with van der Waals surface area (Å²) in [6.07, 6.45) is 9.27. The van der Waals surface area contributed by atoms with Crippen LogP contribution < -0.4 is 14.4 Å². The molecule has 1 amide bonds. The van der Waals surface area contributed by atoms with Gasteiger partial charge in [0.25, 0.3) is 5.91 Å². The number of rotatable bonds is 11. The number of amides is 1. The number of likely N-dealkylation sites (tertiary alicyclic amines) is 1. The quantitative estimate of drug-likeness (QED) is 0.362. The molecular weight excluding hydrogens is 595 g/mol. The van der Waals surface area contributed by atoms with Crippen LogP contribution in [-0.4, -0.2) is 90.7 Å². The number of anilines is 1. The van der Waals surface area contributed by atoms with Crippen molar-refractivity contribution in [2.24, 2.45) is 11.3 Å². The van der Waals surface area contributed by atoms with Crippen LogP contribution in [0.15, 0.2) is 30.7 Å². The largest absolute Gasteiger partial charge is 0.451 e. The summed E-state index contributed by atoms with van der Waals surface area (Å²) in [4.78, 5) is 28.8. The number of piperidine rings is 1. The van der Waals surface area contributed by atoms with Gasteiger partial charge in [0.05, 0.1) is 17.5 Å². The van der Waals surface area contributed by atoms with Crippen molar-refractivity contribution in [1.82, 2.24) is 24.5 Å². The third-order valence-electron chi connectivity index (χ3n) is 9.96. The number of sulfonamides is 1. The minimum Gasteiger partial charge on any atom is -0.451 e. The number of aromatic nitrogens is 2. The molecular formula is C33H49FN6O4S. The Hall–Kier alpha value is -2.83. The van der Waals surface area contributed by atoms with Crippen LogP contribution in [0.4, 0.5) is 10.2 Å². The van der Waals surface area contributed by atoms with Gasteiger partial charge in [0.1, 0.15) is 17.9 Å². The zero-order valence-corrected chi connectivity index (χ0v) is 28.2. The minimum atomic E-state index is -3.21. The molecule has 1 aromatic heterocycles. The second-order valence-corrected chi connectivity index (χ2v) is 15.6. The number of nitrogens with zero attached hydrogens (tertiary/aromatic N) is 5. The zero-order valence-electron chi connectivity index (χ0n) is 27.3. The SMILES string of the molecule is CCS(=O)(=O)N[C@H]1CCCC12CCN(C[C@@H]1CCN(c3ncncc3Oc3ccc(F)cc3C(=O)N(C(C)C)C(C)C)C1)CC2. The van der Waals surface area contributed by atoms with Crippen LogP contribution in [0.2, 0.25) is 0 Å². The number of hydrogen-bond acceptors (Lipinski definition) is 8. The fourth-order valence-electron chi connectivity index (χ4n) is 7.64. The molecule has 1 N–H and O–H groups in total. The molecule has 2 aliphatic heterocycles. The van der Waals surface area contributed by atoms with Gasteiger partial charge in [0.2, 0.25) is 10.0 Å². The van der Waals surface area contributed by atoms with Gasteiger partial charge in [-0.15, -0.1) is 0 Å². The van der Waals surface area contributed by atoms with E-state index in [1.165, 1.54) is 24.5 Å². The first kappa shape index (κ1) is 33.5. The first-order valence-electron chi connectivity index (χ1n) is 16.5. The Balaban J connectivity index is 1.23. The molecule has 3 aliphatic rings. The third kappa shape index (κ3) is 7.60. The Morgan fingerprint density at radius 1 is 1.11 bits per heavy atom. The molecule has 3 heterocycles. The number of benzene rings is 1. The Morgan fingerprint density at radius 2 is 1.84 bits per heavy atom. The second-order valence-electron chi connectivity index (χ2n) is 13.6. The fraction of sp³-hybridized carbons (Fsp3) is 0.667. The number of halogens is 1. The van der Waals surface area contributed by atoms with Crippen molar-refractivity contribution in [3.8, 4) is 11.5 Å². The smallest absolute Gasteiger partial charge is 0.258 e. The Labute approximate surface area is 267 Å². The summed E-state index contributed by atoms with van der Waals surface area (Å²) in [5, 5.41) is 0. The van der Waals surface area contributed by atoms with Crippen molar-refractivity contribution in [3.63, 3.8) is 0 Å². The highest BCUT2D eigenvalue weighted by Crippen LogP contribution is 2.47. The van der Waals surface area contributed by atoms with Crippen LogP contribution in [0, 0.1) is 17.2 Å². The molecule has 2 aromatic rings. The van der Waals surface area contributed by atoms with Gasteiger partial charge < -0.3 is 19.4 Å². The van der Waals surface area contributed by atoms with Crippen LogP contribution >= 0.6 is 0 Å². The number of hydrogen-bond donors (Lipinski definition) is 1. The van der Waals surface area contributed by atoms with Crippen molar-refractivity contribution in [2.45, 2.75) is 91.3 Å². The highest BCUT2D eigenvalue weighted by Gasteiger charge is 2.46. The molecule has 45 heavy (non-hydrogen) atoms. The molecule has 5 rings (SSSR count). The maximum atomic E-state index is 14.4. The van der Waals surface area contributed by atoms with Crippen molar-refractivity contribution < 1.29 is 22.3 Å². The average molecular weight is 645 g/mol. The van der Waals surface area contributed by atoms with Crippen molar-refractivity contribution in [3.05, 3.63) is 42.1 Å². The molecule has 2 atom stereocenters. The molecule has 0 unspecified atom stereocenters. The van der Waals surface area contributed by atoms with Crippen molar-refractivity contribution >= 4 is 21.7 Å². The van der Waals surface area contributed by atoms with Crippen molar-refractivity contribution in [1.29, 1.82) is 0 Å². The lowest BCUT2D eigenvalue weighted by Gasteiger charge is -2.44. The van der Waals surface area contributed by atoms with E-state index < -0.39 is 15.8 Å². The Kier molecular flexibility index (Phi) is 10.3. The molecule has 2 saturated heterocycles. The summed E-state index contributed by atoms with van der Waals surface area (Å²) in [7, 11) is -3.21. The van der Waals surface area contributed by atoms with E-state index in [2.05, 4.69) is 24.5 Å². The van der Waals surface area contributed by atoms with E-state index in [1.807, 2.05) is 27.7 Å². The van der Waals surface area contributed by atoms with E-state index in [-0.39, 0.29) is 46.5 Å². The van der Waals surface area contributed by atoms with Crippen molar-refractivity contribution in [2.75, 3.05) is 43.4 Å². The van der Waals surface area contributed by atoms with Crippen LogP contribution in [-0.2, 0) is 10.0 Å². The monoisotopic (exact) mass is 644 g/mol. The van der Waals surface area contributed by atoms with Gasteiger partial charge in [-0.1, -0.05) is 6.42 Å². The molecule has 1 saturated carbocycles. The second kappa shape index (κ2) is 13.9. The zero-order chi connectivity index (χ0) is 32.4. The van der Waals surface area contributed by atoms with E-state index in [9.17, 15) is 17.6 Å². The molecule has 248 valence electrons. The Bertz CT molecular complexity index is 1440. The molecule has 3 fully saturated rings. The summed E-state index contributed by atoms with van der Waals surface area (Å²) in [6.45, 7) is 14.0. The van der Waals surface area contributed by atoms with Gasteiger partial charge in [-0.05, 0) is 109 Å². The fourth-order valence-corrected chi connectivity index (χ4v) is 8.61. The summed E-state index contributed by atoms with van der Waals surface area (Å²) in [5.74, 6) is 1.15. The number of carbonyl (C=O) groups is 1. The van der Waals surface area contributed by atoms with E-state index in [0.717, 1.165) is 71.2 Å². The maximum absolute atomic E-state index is 14.4. The average Bonchev–Trinajstić information content (AvgIpc) is 3.61. The summed E-state index contributed by atoms with van der Waals surface area (Å²) in [5.41, 5.74) is 0.247. The number of ether oxygens (including phenoxy) is 1. The third-order valence-corrected chi connectivity index (χ3v) is 11.4. The van der Waals surface area contributed by atoms with Crippen LogP contribution in [0.5, 0.6) is 11.5 Å². The predicted octanol–water partition coefficient (Wildman–Crippen LogP) is 5.07. The summed E-state index contributed by atoms with van der Waals surface area (Å²) >= 11 is 0. The topological polar surface area (TPSA) is 108 Å². The van der Waals surface area contributed by atoms with E-state index in [4.69, 9.17) is 4.74 Å². The van der Waals surface area contributed by atoms with Crippen LogP contribution in [0.25, 0.3) is 0 Å². The van der Waals surface area contributed by atoms with Gasteiger partial charge >= 0.3 is 0 Å². The summed E-state index contributed by atoms with van der Waals surface area (Å²) < 4.78 is 48.3. The number of nitrogens with one attached hydrogen (secondary N) is 1. The summed E-state index contributed by atoms with van der Waals surface area (Å²) in [6, 6.07) is 3.95. The molecule has 1 spiro atoms.